The molecule has 0 spiro atoms. The highest BCUT2D eigenvalue weighted by Gasteiger charge is 2.34. The first-order chi connectivity index (χ1) is 12.3. The number of hydrogen-bond acceptors (Lipinski definition) is 4. The second-order valence-corrected chi connectivity index (χ2v) is 7.12. The number of amides is 1. The minimum absolute atomic E-state index is 0.135. The first-order valence-corrected chi connectivity index (χ1v) is 9.35. The van der Waals surface area contributed by atoms with E-state index in [-0.39, 0.29) is 12.0 Å². The molecule has 3 heterocycles. The molecule has 5 nitrogen and oxygen atoms in total. The van der Waals surface area contributed by atoms with Gasteiger partial charge in [-0.15, -0.1) is 0 Å². The van der Waals surface area contributed by atoms with E-state index >= 15 is 0 Å². The van der Waals surface area contributed by atoms with E-state index in [1.54, 1.807) is 12.4 Å². The van der Waals surface area contributed by atoms with E-state index in [9.17, 15) is 4.79 Å². The Morgan fingerprint density at radius 3 is 2.44 bits per heavy atom. The van der Waals surface area contributed by atoms with Crippen LogP contribution in [0.2, 0.25) is 0 Å². The Balaban J connectivity index is 1.51. The molecule has 2 aliphatic rings. The van der Waals surface area contributed by atoms with Crippen LogP contribution in [-0.2, 0) is 4.79 Å². The van der Waals surface area contributed by atoms with Crippen molar-refractivity contribution in [1.82, 2.24) is 19.9 Å². The average molecular weight is 336 g/mol. The molecular formula is C20H24N4O. The molecule has 1 aliphatic carbocycles. The maximum Gasteiger partial charge on any atom is 0.226 e. The molecule has 130 valence electrons. The van der Waals surface area contributed by atoms with Gasteiger partial charge in [-0.3, -0.25) is 9.78 Å². The molecule has 1 atom stereocenters. The predicted octanol–water partition coefficient (Wildman–Crippen LogP) is 3.78. The zero-order valence-corrected chi connectivity index (χ0v) is 14.5. The highest BCUT2D eigenvalue weighted by Crippen LogP contribution is 2.35. The van der Waals surface area contributed by atoms with Crippen LogP contribution in [0.5, 0.6) is 0 Å². The van der Waals surface area contributed by atoms with Crippen molar-refractivity contribution in [2.45, 2.75) is 51.0 Å². The van der Waals surface area contributed by atoms with Crippen LogP contribution in [0, 0.1) is 5.92 Å². The van der Waals surface area contributed by atoms with Crippen molar-refractivity contribution in [2.75, 3.05) is 6.54 Å². The normalized spacial score (nSPS) is 21.4. The van der Waals surface area contributed by atoms with Crippen LogP contribution in [0.3, 0.4) is 0 Å². The van der Waals surface area contributed by atoms with E-state index in [4.69, 9.17) is 0 Å². The maximum absolute atomic E-state index is 13.0. The molecule has 1 amide bonds. The Kier molecular flexibility index (Phi) is 4.72. The topological polar surface area (TPSA) is 59.0 Å². The molecule has 1 saturated heterocycles. The summed E-state index contributed by atoms with van der Waals surface area (Å²) in [5, 5.41) is 0. The third kappa shape index (κ3) is 3.41. The van der Waals surface area contributed by atoms with Gasteiger partial charge in [0.25, 0.3) is 0 Å². The zero-order chi connectivity index (χ0) is 17.1. The number of rotatable bonds is 3. The van der Waals surface area contributed by atoms with Crippen LogP contribution in [0.4, 0.5) is 0 Å². The quantitative estimate of drug-likeness (QED) is 0.856. The molecule has 0 aromatic carbocycles. The minimum atomic E-state index is 0.135. The van der Waals surface area contributed by atoms with Gasteiger partial charge < -0.3 is 4.90 Å². The largest absolute Gasteiger partial charge is 0.334 e. The molecule has 4 rings (SSSR count). The molecule has 0 bridgehead atoms. The van der Waals surface area contributed by atoms with Gasteiger partial charge in [0, 0.05) is 42.2 Å². The van der Waals surface area contributed by atoms with Crippen LogP contribution in [0.1, 0.15) is 56.7 Å². The Morgan fingerprint density at radius 1 is 0.920 bits per heavy atom. The van der Waals surface area contributed by atoms with Crippen LogP contribution < -0.4 is 0 Å². The summed E-state index contributed by atoms with van der Waals surface area (Å²) < 4.78 is 0. The van der Waals surface area contributed by atoms with Gasteiger partial charge in [-0.25, -0.2) is 9.97 Å². The van der Waals surface area contributed by atoms with E-state index in [0.29, 0.717) is 5.91 Å². The lowest BCUT2D eigenvalue weighted by Gasteiger charge is -2.30. The Labute approximate surface area is 148 Å². The molecule has 0 N–H and O–H groups in total. The van der Waals surface area contributed by atoms with E-state index in [1.807, 2.05) is 6.20 Å². The van der Waals surface area contributed by atoms with Crippen molar-refractivity contribution >= 4 is 5.91 Å². The van der Waals surface area contributed by atoms with Crippen molar-refractivity contribution in [3.63, 3.8) is 0 Å². The molecule has 0 unspecified atom stereocenters. The molecule has 0 radical (unpaired) electrons. The summed E-state index contributed by atoms with van der Waals surface area (Å²) in [5.41, 5.74) is 2.97. The first kappa shape index (κ1) is 16.2. The molecule has 1 saturated carbocycles. The number of carbonyl (C=O) groups is 1. The molecule has 2 aromatic heterocycles. The number of likely N-dealkylation sites (tertiary alicyclic amines) is 1. The third-order valence-electron chi connectivity index (χ3n) is 5.51. The average Bonchev–Trinajstić information content (AvgIpc) is 3.19. The maximum atomic E-state index is 13.0. The summed E-state index contributed by atoms with van der Waals surface area (Å²) in [6.45, 7) is 0.871. The second kappa shape index (κ2) is 7.30. The number of aromatic nitrogens is 3. The van der Waals surface area contributed by atoms with Gasteiger partial charge in [0.05, 0.1) is 11.7 Å². The minimum Gasteiger partial charge on any atom is -0.334 e. The van der Waals surface area contributed by atoms with Crippen molar-refractivity contribution < 1.29 is 4.79 Å². The van der Waals surface area contributed by atoms with Gasteiger partial charge >= 0.3 is 0 Å². The molecule has 2 aromatic rings. The third-order valence-corrected chi connectivity index (χ3v) is 5.51. The smallest absolute Gasteiger partial charge is 0.226 e. The number of carbonyl (C=O) groups excluding carboxylic acids is 1. The van der Waals surface area contributed by atoms with Crippen LogP contribution >= 0.6 is 0 Å². The monoisotopic (exact) mass is 336 g/mol. The molecule has 1 aliphatic heterocycles. The SMILES string of the molecule is O=C(C1CCCCC1)N1CCC[C@@H]1c1ccc(-c2cncnc2)cn1. The Bertz CT molecular complexity index is 710. The van der Waals surface area contributed by atoms with E-state index in [1.165, 1.54) is 25.6 Å². The summed E-state index contributed by atoms with van der Waals surface area (Å²) in [5.74, 6) is 0.583. The molecular weight excluding hydrogens is 312 g/mol. The van der Waals surface area contributed by atoms with Gasteiger partial charge in [0.1, 0.15) is 6.33 Å². The highest BCUT2D eigenvalue weighted by atomic mass is 16.2. The summed E-state index contributed by atoms with van der Waals surface area (Å²) in [7, 11) is 0. The van der Waals surface area contributed by atoms with Crippen molar-refractivity contribution in [1.29, 1.82) is 0 Å². The lowest BCUT2D eigenvalue weighted by Crippen LogP contribution is -2.36. The van der Waals surface area contributed by atoms with Crippen molar-refractivity contribution in [3.05, 3.63) is 42.7 Å². The lowest BCUT2D eigenvalue weighted by molar-refractivity contribution is -0.137. The molecule has 2 fully saturated rings. The zero-order valence-electron chi connectivity index (χ0n) is 14.5. The molecule has 5 heteroatoms. The fourth-order valence-corrected chi connectivity index (χ4v) is 4.14. The van der Waals surface area contributed by atoms with Gasteiger partial charge in [-0.2, -0.15) is 0 Å². The van der Waals surface area contributed by atoms with Gasteiger partial charge in [-0.1, -0.05) is 25.3 Å². The Hall–Kier alpha value is -2.30. The van der Waals surface area contributed by atoms with E-state index < -0.39 is 0 Å². The number of hydrogen-bond donors (Lipinski definition) is 0. The van der Waals surface area contributed by atoms with Crippen molar-refractivity contribution in [2.24, 2.45) is 5.92 Å². The van der Waals surface area contributed by atoms with Crippen molar-refractivity contribution in [3.8, 4) is 11.1 Å². The van der Waals surface area contributed by atoms with Crippen LogP contribution in [0.15, 0.2) is 37.1 Å². The summed E-state index contributed by atoms with van der Waals surface area (Å²) in [6.07, 6.45) is 14.8. The van der Waals surface area contributed by atoms with Crippen LogP contribution in [-0.4, -0.2) is 32.3 Å². The fraction of sp³-hybridized carbons (Fsp3) is 0.500. The number of nitrogens with zero attached hydrogens (tertiary/aromatic N) is 4. The fourth-order valence-electron chi connectivity index (χ4n) is 4.14. The van der Waals surface area contributed by atoms with E-state index in [2.05, 4.69) is 32.0 Å². The summed E-state index contributed by atoms with van der Waals surface area (Å²) in [6, 6.07) is 4.25. The van der Waals surface area contributed by atoms with Crippen LogP contribution in [0.25, 0.3) is 11.1 Å². The molecule has 25 heavy (non-hydrogen) atoms. The first-order valence-electron chi connectivity index (χ1n) is 9.35. The summed E-state index contributed by atoms with van der Waals surface area (Å²) in [4.78, 5) is 27.8. The Morgan fingerprint density at radius 2 is 1.72 bits per heavy atom. The highest BCUT2D eigenvalue weighted by molar-refractivity contribution is 5.79. The predicted molar refractivity (Wildman–Crippen MR) is 95.5 cm³/mol. The second-order valence-electron chi connectivity index (χ2n) is 7.12. The van der Waals surface area contributed by atoms with Gasteiger partial charge in [0.15, 0.2) is 0 Å². The van der Waals surface area contributed by atoms with Gasteiger partial charge in [-0.05, 0) is 31.7 Å². The lowest BCUT2D eigenvalue weighted by atomic mass is 9.88. The standard InChI is InChI=1S/C20H24N4O/c25-20(15-5-2-1-3-6-15)24-10-4-7-19(24)18-9-8-16(13-23-18)17-11-21-14-22-12-17/h8-9,11-15,19H,1-7,10H2/t19-/m1/s1. The summed E-state index contributed by atoms with van der Waals surface area (Å²) >= 11 is 0. The van der Waals surface area contributed by atoms with E-state index in [0.717, 1.165) is 49.0 Å². The number of pyridine rings is 1. The van der Waals surface area contributed by atoms with Gasteiger partial charge in [0.2, 0.25) is 5.91 Å².